The highest BCUT2D eigenvalue weighted by Crippen LogP contribution is 2.27. The van der Waals surface area contributed by atoms with E-state index in [-0.39, 0.29) is 11.9 Å². The zero-order valence-electron chi connectivity index (χ0n) is 9.96. The van der Waals surface area contributed by atoms with Crippen LogP contribution in [0.2, 0.25) is 0 Å². The first-order chi connectivity index (χ1) is 7.15. The van der Waals surface area contributed by atoms with Gasteiger partial charge in [-0.2, -0.15) is 0 Å². The summed E-state index contributed by atoms with van der Waals surface area (Å²) in [5, 5.41) is 3.07. The lowest BCUT2D eigenvalue weighted by Gasteiger charge is -2.30. The van der Waals surface area contributed by atoms with Gasteiger partial charge in [0.15, 0.2) is 0 Å². The maximum Gasteiger partial charge on any atom is 0.236 e. The van der Waals surface area contributed by atoms with Crippen LogP contribution in [0.15, 0.2) is 0 Å². The molecular weight excluding hydrogens is 188 g/mol. The first kappa shape index (κ1) is 12.5. The molecule has 88 valence electrons. The molecule has 0 spiro atoms. The van der Waals surface area contributed by atoms with E-state index in [9.17, 15) is 4.79 Å². The van der Waals surface area contributed by atoms with Crippen molar-refractivity contribution in [2.24, 2.45) is 11.7 Å². The van der Waals surface area contributed by atoms with E-state index < -0.39 is 0 Å². The summed E-state index contributed by atoms with van der Waals surface area (Å²) in [6, 6.07) is -0.0496. The Hall–Kier alpha value is -0.570. The minimum atomic E-state index is -0.386. The lowest BCUT2D eigenvalue weighted by Crippen LogP contribution is -2.47. The molecule has 3 nitrogen and oxygen atoms in total. The normalized spacial score (nSPS) is 22.1. The van der Waals surface area contributed by atoms with Crippen LogP contribution in [0, 0.1) is 5.92 Å². The fourth-order valence-electron chi connectivity index (χ4n) is 2.40. The van der Waals surface area contributed by atoms with Gasteiger partial charge in [-0.15, -0.1) is 0 Å². The monoisotopic (exact) mass is 212 g/mol. The van der Waals surface area contributed by atoms with E-state index in [0.717, 1.165) is 6.42 Å². The SMILES string of the molecule is CCC(NC(=O)[C@@H](C)N)C1CCCCC1. The van der Waals surface area contributed by atoms with E-state index >= 15 is 0 Å². The standard InChI is InChI=1S/C12H24N2O/c1-3-11(14-12(15)9(2)13)10-7-5-4-6-8-10/h9-11H,3-8,13H2,1-2H3,(H,14,15)/t9-,11?/m1/s1. The summed E-state index contributed by atoms with van der Waals surface area (Å²) in [4.78, 5) is 11.5. The zero-order valence-corrected chi connectivity index (χ0v) is 9.96. The van der Waals surface area contributed by atoms with Crippen LogP contribution in [0.4, 0.5) is 0 Å². The van der Waals surface area contributed by atoms with E-state index in [1.807, 2.05) is 0 Å². The van der Waals surface area contributed by atoms with Crippen molar-refractivity contribution in [2.45, 2.75) is 64.5 Å². The Morgan fingerprint density at radius 3 is 2.47 bits per heavy atom. The molecule has 1 amide bonds. The van der Waals surface area contributed by atoms with Crippen LogP contribution in [0.3, 0.4) is 0 Å². The summed E-state index contributed by atoms with van der Waals surface area (Å²) in [6.07, 6.45) is 7.53. The molecule has 1 unspecified atom stereocenters. The highest BCUT2D eigenvalue weighted by molar-refractivity contribution is 5.81. The van der Waals surface area contributed by atoms with Gasteiger partial charge >= 0.3 is 0 Å². The summed E-state index contributed by atoms with van der Waals surface area (Å²) in [7, 11) is 0. The van der Waals surface area contributed by atoms with Crippen LogP contribution in [0.25, 0.3) is 0 Å². The third-order valence-corrected chi connectivity index (χ3v) is 3.40. The third kappa shape index (κ3) is 3.82. The van der Waals surface area contributed by atoms with Gasteiger partial charge in [0, 0.05) is 6.04 Å². The molecule has 1 fully saturated rings. The molecule has 0 radical (unpaired) electrons. The van der Waals surface area contributed by atoms with Crippen molar-refractivity contribution in [2.75, 3.05) is 0 Å². The first-order valence-electron chi connectivity index (χ1n) is 6.21. The number of amides is 1. The number of hydrogen-bond acceptors (Lipinski definition) is 2. The number of carbonyl (C=O) groups is 1. The Morgan fingerprint density at radius 2 is 2.00 bits per heavy atom. The molecule has 0 heterocycles. The van der Waals surface area contributed by atoms with Crippen LogP contribution in [-0.4, -0.2) is 18.0 Å². The van der Waals surface area contributed by atoms with Gasteiger partial charge in [-0.3, -0.25) is 4.79 Å². The highest BCUT2D eigenvalue weighted by atomic mass is 16.2. The predicted octanol–water partition coefficient (Wildman–Crippen LogP) is 1.81. The van der Waals surface area contributed by atoms with Crippen molar-refractivity contribution in [3.05, 3.63) is 0 Å². The summed E-state index contributed by atoms with van der Waals surface area (Å²) < 4.78 is 0. The lowest BCUT2D eigenvalue weighted by molar-refractivity contribution is -0.123. The van der Waals surface area contributed by atoms with Crippen molar-refractivity contribution in [1.29, 1.82) is 0 Å². The van der Waals surface area contributed by atoms with Crippen molar-refractivity contribution in [1.82, 2.24) is 5.32 Å². The van der Waals surface area contributed by atoms with Crippen molar-refractivity contribution in [3.63, 3.8) is 0 Å². The summed E-state index contributed by atoms with van der Waals surface area (Å²) in [5.41, 5.74) is 5.56. The van der Waals surface area contributed by atoms with Gasteiger partial charge in [0.2, 0.25) is 5.91 Å². The Morgan fingerprint density at radius 1 is 1.40 bits per heavy atom. The molecule has 1 aliphatic rings. The topological polar surface area (TPSA) is 55.1 Å². The van der Waals surface area contributed by atoms with Gasteiger partial charge in [0.1, 0.15) is 0 Å². The van der Waals surface area contributed by atoms with E-state index in [4.69, 9.17) is 5.73 Å². The van der Waals surface area contributed by atoms with Crippen LogP contribution in [0.1, 0.15) is 52.4 Å². The molecule has 0 aromatic heterocycles. The van der Waals surface area contributed by atoms with Crippen LogP contribution in [-0.2, 0) is 4.79 Å². The second kappa shape index (κ2) is 6.11. The Kier molecular flexibility index (Phi) is 5.09. The molecule has 0 aromatic carbocycles. The van der Waals surface area contributed by atoms with E-state index in [1.54, 1.807) is 6.92 Å². The molecule has 1 rings (SSSR count). The number of rotatable bonds is 4. The molecule has 1 aliphatic carbocycles. The van der Waals surface area contributed by atoms with E-state index in [2.05, 4.69) is 12.2 Å². The predicted molar refractivity (Wildman–Crippen MR) is 62.4 cm³/mol. The zero-order chi connectivity index (χ0) is 11.3. The second-order valence-electron chi connectivity index (χ2n) is 4.71. The summed E-state index contributed by atoms with van der Waals surface area (Å²) >= 11 is 0. The number of nitrogens with two attached hydrogens (primary N) is 1. The molecule has 0 saturated heterocycles. The second-order valence-corrected chi connectivity index (χ2v) is 4.71. The number of nitrogens with one attached hydrogen (secondary N) is 1. The largest absolute Gasteiger partial charge is 0.352 e. The number of hydrogen-bond donors (Lipinski definition) is 2. The van der Waals surface area contributed by atoms with Crippen LogP contribution >= 0.6 is 0 Å². The molecule has 0 bridgehead atoms. The summed E-state index contributed by atoms with van der Waals surface area (Å²) in [5.74, 6) is 0.666. The molecule has 15 heavy (non-hydrogen) atoms. The lowest BCUT2D eigenvalue weighted by atomic mass is 9.83. The van der Waals surface area contributed by atoms with Crippen molar-refractivity contribution < 1.29 is 4.79 Å². The smallest absolute Gasteiger partial charge is 0.236 e. The van der Waals surface area contributed by atoms with Gasteiger partial charge in [-0.1, -0.05) is 26.2 Å². The quantitative estimate of drug-likeness (QED) is 0.746. The molecule has 2 atom stereocenters. The van der Waals surface area contributed by atoms with E-state index in [0.29, 0.717) is 12.0 Å². The first-order valence-corrected chi connectivity index (χ1v) is 6.21. The Bertz CT molecular complexity index is 198. The van der Waals surface area contributed by atoms with Gasteiger partial charge in [0.05, 0.1) is 6.04 Å². The fraction of sp³-hybridized carbons (Fsp3) is 0.917. The van der Waals surface area contributed by atoms with Gasteiger partial charge in [-0.05, 0) is 32.1 Å². The van der Waals surface area contributed by atoms with Crippen LogP contribution < -0.4 is 11.1 Å². The van der Waals surface area contributed by atoms with Crippen molar-refractivity contribution >= 4 is 5.91 Å². The molecular formula is C12H24N2O. The van der Waals surface area contributed by atoms with Crippen LogP contribution in [0.5, 0.6) is 0 Å². The summed E-state index contributed by atoms with van der Waals surface area (Å²) in [6.45, 7) is 3.88. The number of carbonyl (C=O) groups excluding carboxylic acids is 1. The van der Waals surface area contributed by atoms with Gasteiger partial charge in [0.25, 0.3) is 0 Å². The maximum absolute atomic E-state index is 11.5. The minimum Gasteiger partial charge on any atom is -0.352 e. The van der Waals surface area contributed by atoms with E-state index in [1.165, 1.54) is 32.1 Å². The average Bonchev–Trinajstić information content (AvgIpc) is 2.26. The van der Waals surface area contributed by atoms with Gasteiger partial charge in [-0.25, -0.2) is 0 Å². The Labute approximate surface area is 92.8 Å². The minimum absolute atomic E-state index is 0.00702. The maximum atomic E-state index is 11.5. The fourth-order valence-corrected chi connectivity index (χ4v) is 2.40. The molecule has 1 saturated carbocycles. The Balaban J connectivity index is 2.43. The third-order valence-electron chi connectivity index (χ3n) is 3.40. The molecule has 3 heteroatoms. The van der Waals surface area contributed by atoms with Gasteiger partial charge < -0.3 is 11.1 Å². The average molecular weight is 212 g/mol. The highest BCUT2D eigenvalue weighted by Gasteiger charge is 2.24. The van der Waals surface area contributed by atoms with Crippen molar-refractivity contribution in [3.8, 4) is 0 Å². The molecule has 0 aliphatic heterocycles. The molecule has 3 N–H and O–H groups in total. The molecule has 0 aromatic rings.